The fourth-order valence-corrected chi connectivity index (χ4v) is 6.65. The van der Waals surface area contributed by atoms with Crippen LogP contribution in [0.5, 0.6) is 0 Å². The van der Waals surface area contributed by atoms with Crippen molar-refractivity contribution >= 4 is 61.2 Å². The van der Waals surface area contributed by atoms with E-state index in [1.54, 1.807) is 39.9 Å². The molecule has 35 heteroatoms. The van der Waals surface area contributed by atoms with E-state index in [4.69, 9.17) is 37.6 Å². The number of amides is 3. The maximum absolute atomic E-state index is 12.0. The van der Waals surface area contributed by atoms with E-state index in [0.29, 0.717) is 69.7 Å². The molecule has 0 saturated carbocycles. The fraction of sp³-hybridized carbons (Fsp3) is 0.522. The number of nitrogens with one attached hydrogen (secondary N) is 5. The van der Waals surface area contributed by atoms with Crippen molar-refractivity contribution in [3.05, 3.63) is 144 Å². The van der Waals surface area contributed by atoms with Crippen LogP contribution in [0.1, 0.15) is 143 Å². The summed E-state index contributed by atoms with van der Waals surface area (Å²) in [7, 11) is 0. The molecule has 3 amide bonds. The summed E-state index contributed by atoms with van der Waals surface area (Å²) < 4.78 is 122. The number of ether oxygens (including phenoxy) is 4. The molecule has 104 heavy (non-hydrogen) atoms. The van der Waals surface area contributed by atoms with Crippen LogP contribution in [0.2, 0.25) is 0 Å². The van der Waals surface area contributed by atoms with Crippen molar-refractivity contribution in [3.63, 3.8) is 0 Å². The second kappa shape index (κ2) is 70.1. The highest BCUT2D eigenvalue weighted by atomic mass is 19.4. The quantitative estimate of drug-likeness (QED) is 0.00320. The van der Waals surface area contributed by atoms with Gasteiger partial charge in [0.15, 0.2) is 0 Å². The van der Waals surface area contributed by atoms with Crippen LogP contribution in [0.3, 0.4) is 0 Å². The van der Waals surface area contributed by atoms with Gasteiger partial charge < -0.3 is 78.4 Å². The lowest BCUT2D eigenvalue weighted by Crippen LogP contribution is -2.42. The van der Waals surface area contributed by atoms with Gasteiger partial charge in [0.2, 0.25) is 5.91 Å². The first-order valence-corrected chi connectivity index (χ1v) is 32.0. The normalized spacial score (nSPS) is 11.9. The molecule has 1 heterocycles. The van der Waals surface area contributed by atoms with Gasteiger partial charge in [-0.2, -0.15) is 39.5 Å². The van der Waals surface area contributed by atoms with Crippen LogP contribution in [0, 0.1) is 0 Å². The van der Waals surface area contributed by atoms with Crippen LogP contribution >= 0.6 is 0 Å². The fourth-order valence-electron chi connectivity index (χ4n) is 6.65. The Kier molecular flexibility index (Phi) is 73.4. The molecular weight excluding hydrogens is 1390 g/mol. The smallest absolute Gasteiger partial charge is 0.466 e. The molecule has 1 aliphatic rings. The van der Waals surface area contributed by atoms with Crippen LogP contribution < -0.4 is 49.7 Å². The average Bonchev–Trinajstić information content (AvgIpc) is 1.03. The predicted octanol–water partition coefficient (Wildman–Crippen LogP) is 9.65. The van der Waals surface area contributed by atoms with Crippen LogP contribution in [-0.4, -0.2) is 166 Å². The highest BCUT2D eigenvalue weighted by Gasteiger charge is 2.41. The van der Waals surface area contributed by atoms with E-state index < -0.39 is 54.4 Å². The molecule has 1 aliphatic heterocycles. The summed E-state index contributed by atoms with van der Waals surface area (Å²) in [4.78, 5) is 73.2. The van der Waals surface area contributed by atoms with Gasteiger partial charge in [0.05, 0.1) is 44.1 Å². The number of nitrogens with zero attached hydrogens (tertiary/aromatic N) is 2. The molecule has 5 rings (SSSR count). The number of esters is 3. The van der Waals surface area contributed by atoms with E-state index in [1.807, 2.05) is 109 Å². The number of nitrogens with two attached hydrogens (primary N) is 4. The number of benzene rings is 4. The van der Waals surface area contributed by atoms with E-state index >= 15 is 0 Å². The zero-order valence-corrected chi connectivity index (χ0v) is 59.9. The number of carbonyl (C=O) groups excluding carboxylic acids is 7. The number of rotatable bonds is 26. The molecule has 3 unspecified atom stereocenters. The maximum Gasteiger partial charge on any atom is 0.490 e. The van der Waals surface area contributed by atoms with Crippen molar-refractivity contribution < 1.29 is 108 Å². The minimum Gasteiger partial charge on any atom is -0.466 e. The second-order valence-electron chi connectivity index (χ2n) is 21.2. The van der Waals surface area contributed by atoms with Crippen molar-refractivity contribution in [2.75, 3.05) is 52.7 Å². The molecule has 0 aliphatic carbocycles. The SMILES string of the molecule is C.C/C(CC(=O)NCc1ccccc1)=N/O.C1CCOC1.CC(CCN)NC(=O)C(F)(F)F.CC(CCNCc1ccccc1)NC(=O)C(F)(F)F.CC(N)CCNCc1ccccc1.CCOC(=O)C(F)(F)F.CCOC(=O)C/C(C)=N\O.CCOC(=O)CC(C)=O.NCc1ccccc1.NO.[B]. The minimum atomic E-state index is -4.85. The predicted molar refractivity (Wildman–Crippen MR) is 382 cm³/mol. The summed E-state index contributed by atoms with van der Waals surface area (Å²) in [6.07, 6.45) is -10.0. The summed E-state index contributed by atoms with van der Waals surface area (Å²) in [6.45, 7) is 21.3. The standard InChI is InChI=1S/C13H17F3N2O.C11H14N2O2.C11H18N2.C7H9N.C6H11F3N2O.C6H11NO3.C6H10O3.C4H5F3O2.C4H8O.CH4.B.H3NO/c1-10(18-12(19)13(14,15)16)7-8-17-9-11-5-3-2-4-6-11;1-9(13-15)7-11(14)12-8-10-5-3-2-4-6-10;1-10(12)7-8-13-9-11-5-3-2-4-6-11;8-6-7-4-2-1-3-5-7;1-4(2-3-10)11-5(12)6(7,8)9;1-3-10-6(8)4-5(2)7-9;1-3-9-6(8)4-5(2)7;1-2-9-3(8)4(5,6)7;1-2-4-5-3-1;;;1-2/h2-6,10,17H,7-9H2,1H3,(H,18,19);2-6,15H,7-8H2,1H3,(H,12,14);2-6,10,13H,7-9,12H2,1H3;1-5H,6,8H2;4H,2-3,10H2,1H3,(H,11,12);9H,3-4H2,1-2H3;3-4H2,1-2H3;2H2,1H3;1-4H2;1H4;;2H,1H2/b;13-9-;;;;7-5-;;;;;;. The average molecular weight is 1500 g/mol. The van der Waals surface area contributed by atoms with Crippen LogP contribution in [-0.2, 0) is 78.7 Å². The molecule has 591 valence electrons. The maximum atomic E-state index is 12.0. The first-order chi connectivity index (χ1) is 48.1. The topological polar surface area (TPSA) is 406 Å². The Morgan fingerprint density at radius 1 is 0.519 bits per heavy atom. The third-order valence-corrected chi connectivity index (χ3v) is 11.7. The summed E-state index contributed by atoms with van der Waals surface area (Å²) in [5, 5.41) is 41.7. The molecule has 1 saturated heterocycles. The van der Waals surface area contributed by atoms with E-state index in [9.17, 15) is 73.1 Å². The summed E-state index contributed by atoms with van der Waals surface area (Å²) in [6, 6.07) is 38.9. The van der Waals surface area contributed by atoms with Gasteiger partial charge in [-0.3, -0.25) is 28.8 Å². The van der Waals surface area contributed by atoms with Gasteiger partial charge in [0.1, 0.15) is 12.2 Å². The molecule has 4 aromatic carbocycles. The van der Waals surface area contributed by atoms with Gasteiger partial charge in [0.25, 0.3) is 0 Å². The third kappa shape index (κ3) is 74.6. The second-order valence-corrected chi connectivity index (χ2v) is 21.2. The number of Topliss-reactive ketones (excluding diaryl/α,β-unsaturated/α-hetero) is 1. The van der Waals surface area contributed by atoms with Gasteiger partial charge in [-0.05, 0) is 136 Å². The van der Waals surface area contributed by atoms with E-state index in [1.165, 1.54) is 44.7 Å². The molecular formula is C69H110BF9N11O14. The van der Waals surface area contributed by atoms with Gasteiger partial charge >= 0.3 is 48.3 Å². The summed E-state index contributed by atoms with van der Waals surface area (Å²) in [5.74, 6) is -3.54. The van der Waals surface area contributed by atoms with Crippen LogP contribution in [0.15, 0.2) is 132 Å². The summed E-state index contributed by atoms with van der Waals surface area (Å²) in [5.41, 5.74) is 21.5. The molecule has 16 N–H and O–H groups in total. The number of ketones is 1. The Balaban J connectivity index is -0.000000206. The number of carbonyl (C=O) groups is 7. The highest BCUT2D eigenvalue weighted by Crippen LogP contribution is 2.17. The number of hydrogen-bond donors (Lipinski definition) is 12. The van der Waals surface area contributed by atoms with Gasteiger partial charge in [0, 0.05) is 65.9 Å². The molecule has 3 radical (unpaired) electrons. The molecule has 4 aromatic rings. The molecule has 25 nitrogen and oxygen atoms in total. The Morgan fingerprint density at radius 3 is 1.15 bits per heavy atom. The zero-order valence-electron chi connectivity index (χ0n) is 59.9. The minimum absolute atomic E-state index is 0. The number of hydrogen-bond acceptors (Lipinski definition) is 22. The van der Waals surface area contributed by atoms with Crippen molar-refractivity contribution in [1.82, 2.24) is 26.6 Å². The van der Waals surface area contributed by atoms with E-state index in [0.717, 1.165) is 43.9 Å². The number of alkyl halides is 9. The van der Waals surface area contributed by atoms with E-state index in [-0.39, 0.29) is 65.9 Å². The Bertz CT molecular complexity index is 2820. The third-order valence-electron chi connectivity index (χ3n) is 11.7. The largest absolute Gasteiger partial charge is 0.490 e. The van der Waals surface area contributed by atoms with Crippen LogP contribution in [0.4, 0.5) is 39.5 Å². The van der Waals surface area contributed by atoms with Crippen molar-refractivity contribution in [3.8, 4) is 0 Å². The number of halogens is 9. The lowest BCUT2D eigenvalue weighted by molar-refractivity contribution is -0.199. The Labute approximate surface area is 607 Å². The lowest BCUT2D eigenvalue weighted by Gasteiger charge is -2.15. The molecule has 0 spiro atoms. The zero-order chi connectivity index (χ0) is 78.8. The van der Waals surface area contributed by atoms with Crippen molar-refractivity contribution in [2.45, 2.75) is 184 Å². The summed E-state index contributed by atoms with van der Waals surface area (Å²) >= 11 is 0. The van der Waals surface area contributed by atoms with Gasteiger partial charge in [-0.1, -0.05) is 139 Å². The Hall–Kier alpha value is -8.58. The van der Waals surface area contributed by atoms with Crippen molar-refractivity contribution in [2.24, 2.45) is 33.4 Å². The highest BCUT2D eigenvalue weighted by molar-refractivity contribution is 5.99. The van der Waals surface area contributed by atoms with Crippen molar-refractivity contribution in [1.29, 1.82) is 0 Å². The first kappa shape index (κ1) is 109. The van der Waals surface area contributed by atoms with E-state index in [2.05, 4.69) is 70.6 Å². The molecule has 3 atom stereocenters. The molecule has 0 bridgehead atoms. The lowest BCUT2D eigenvalue weighted by atomic mass is 10.2. The van der Waals surface area contributed by atoms with Gasteiger partial charge in [-0.15, -0.1) is 0 Å². The van der Waals surface area contributed by atoms with Crippen LogP contribution in [0.25, 0.3) is 0 Å². The molecule has 0 aromatic heterocycles. The number of oxime groups is 2. The first-order valence-electron chi connectivity index (χ1n) is 32.0. The Morgan fingerprint density at radius 2 is 0.865 bits per heavy atom. The molecule has 1 fully saturated rings. The monoisotopic (exact) mass is 1500 g/mol. The van der Waals surface area contributed by atoms with Gasteiger partial charge in [-0.25, -0.2) is 10.7 Å².